The first-order valence-corrected chi connectivity index (χ1v) is 7.02. The van der Waals surface area contributed by atoms with Gasteiger partial charge in [-0.3, -0.25) is 0 Å². The molecule has 1 atom stereocenters. The Balaban J connectivity index is 2.53. The van der Waals surface area contributed by atoms with E-state index in [4.69, 9.17) is 9.47 Å². The van der Waals surface area contributed by atoms with Gasteiger partial charge in [-0.15, -0.1) is 0 Å². The van der Waals surface area contributed by atoms with E-state index in [2.05, 4.69) is 42.0 Å². The Morgan fingerprint density at radius 2 is 1.94 bits per heavy atom. The Kier molecular flexibility index (Phi) is 4.30. The van der Waals surface area contributed by atoms with Crippen molar-refractivity contribution in [1.29, 1.82) is 0 Å². The van der Waals surface area contributed by atoms with Crippen LogP contribution in [0.5, 0.6) is 5.75 Å². The summed E-state index contributed by atoms with van der Waals surface area (Å²) in [5, 5.41) is 3.38. The molecular formula is C14H20BrNO2. The Hall–Kier alpha value is -0.580. The van der Waals surface area contributed by atoms with E-state index in [1.54, 1.807) is 7.11 Å². The summed E-state index contributed by atoms with van der Waals surface area (Å²) >= 11 is 3.64. The zero-order valence-corrected chi connectivity index (χ0v) is 13.0. The molecule has 0 amide bonds. The summed E-state index contributed by atoms with van der Waals surface area (Å²) in [7, 11) is 1.71. The molecule has 0 aromatic heterocycles. The molecule has 1 aliphatic rings. The fraction of sp³-hybridized carbons (Fsp3) is 0.571. The Labute approximate surface area is 117 Å². The average molecular weight is 314 g/mol. The zero-order chi connectivity index (χ0) is 13.3. The minimum Gasteiger partial charge on any atom is -0.495 e. The third-order valence-corrected chi connectivity index (χ3v) is 4.65. The molecule has 100 valence electrons. The molecule has 1 saturated heterocycles. The highest BCUT2D eigenvalue weighted by atomic mass is 79.9. The molecular weight excluding hydrogens is 294 g/mol. The third kappa shape index (κ3) is 2.29. The molecule has 1 fully saturated rings. The van der Waals surface area contributed by atoms with Crippen LogP contribution in [0.1, 0.15) is 28.4 Å². The lowest BCUT2D eigenvalue weighted by molar-refractivity contribution is 0.0268. The number of benzene rings is 1. The van der Waals surface area contributed by atoms with Gasteiger partial charge < -0.3 is 14.8 Å². The predicted molar refractivity (Wildman–Crippen MR) is 76.5 cm³/mol. The van der Waals surface area contributed by atoms with E-state index in [0.717, 1.165) is 29.9 Å². The van der Waals surface area contributed by atoms with E-state index in [1.807, 2.05) is 0 Å². The van der Waals surface area contributed by atoms with Gasteiger partial charge in [-0.2, -0.15) is 0 Å². The van der Waals surface area contributed by atoms with E-state index in [0.29, 0.717) is 0 Å². The molecule has 0 aliphatic carbocycles. The van der Waals surface area contributed by atoms with Crippen molar-refractivity contribution in [2.24, 2.45) is 0 Å². The highest BCUT2D eigenvalue weighted by Crippen LogP contribution is 2.40. The summed E-state index contributed by atoms with van der Waals surface area (Å²) < 4.78 is 12.4. The normalized spacial score (nSPS) is 19.9. The Bertz CT molecular complexity index is 425. The summed E-state index contributed by atoms with van der Waals surface area (Å²) in [6.45, 7) is 8.94. The molecule has 1 N–H and O–H groups in total. The highest BCUT2D eigenvalue weighted by Gasteiger charge is 2.24. The molecule has 0 radical (unpaired) electrons. The number of hydrogen-bond donors (Lipinski definition) is 1. The molecule has 1 unspecified atom stereocenters. The van der Waals surface area contributed by atoms with E-state index in [-0.39, 0.29) is 6.10 Å². The fourth-order valence-electron chi connectivity index (χ4n) is 2.58. The lowest BCUT2D eigenvalue weighted by Gasteiger charge is -2.28. The number of rotatable bonds is 2. The maximum atomic E-state index is 5.89. The van der Waals surface area contributed by atoms with Gasteiger partial charge in [-0.05, 0) is 59.0 Å². The van der Waals surface area contributed by atoms with Crippen molar-refractivity contribution in [3.05, 3.63) is 26.7 Å². The molecule has 0 bridgehead atoms. The number of hydrogen-bond acceptors (Lipinski definition) is 3. The zero-order valence-electron chi connectivity index (χ0n) is 11.4. The summed E-state index contributed by atoms with van der Waals surface area (Å²) in [6, 6.07) is 0. The van der Waals surface area contributed by atoms with Gasteiger partial charge in [0.25, 0.3) is 0 Å². The highest BCUT2D eigenvalue weighted by molar-refractivity contribution is 9.10. The number of ether oxygens (including phenoxy) is 2. The van der Waals surface area contributed by atoms with E-state index in [1.165, 1.54) is 22.3 Å². The van der Waals surface area contributed by atoms with Gasteiger partial charge in [0.15, 0.2) is 0 Å². The molecule has 1 aromatic carbocycles. The topological polar surface area (TPSA) is 30.5 Å². The van der Waals surface area contributed by atoms with E-state index >= 15 is 0 Å². The van der Waals surface area contributed by atoms with Crippen LogP contribution >= 0.6 is 15.9 Å². The largest absolute Gasteiger partial charge is 0.495 e. The van der Waals surface area contributed by atoms with Gasteiger partial charge in [-0.25, -0.2) is 0 Å². The van der Waals surface area contributed by atoms with Crippen LogP contribution in [0.3, 0.4) is 0 Å². The van der Waals surface area contributed by atoms with Crippen LogP contribution in [-0.2, 0) is 4.74 Å². The van der Waals surface area contributed by atoms with Gasteiger partial charge in [0.2, 0.25) is 0 Å². The first-order chi connectivity index (χ1) is 8.57. The summed E-state index contributed by atoms with van der Waals surface area (Å²) in [5.41, 5.74) is 4.94. The Morgan fingerprint density at radius 1 is 1.22 bits per heavy atom. The van der Waals surface area contributed by atoms with Gasteiger partial charge in [-0.1, -0.05) is 0 Å². The molecule has 4 heteroatoms. The molecule has 1 aromatic rings. The second-order valence-electron chi connectivity index (χ2n) is 4.70. The van der Waals surface area contributed by atoms with Gasteiger partial charge in [0.1, 0.15) is 5.75 Å². The van der Waals surface area contributed by atoms with Crippen LogP contribution in [0.25, 0.3) is 0 Å². The number of morpholine rings is 1. The average Bonchev–Trinajstić information content (AvgIpc) is 2.39. The van der Waals surface area contributed by atoms with E-state index < -0.39 is 0 Å². The first-order valence-electron chi connectivity index (χ1n) is 6.23. The first kappa shape index (κ1) is 13.8. The van der Waals surface area contributed by atoms with Crippen LogP contribution in [0.15, 0.2) is 4.47 Å². The molecule has 18 heavy (non-hydrogen) atoms. The Morgan fingerprint density at radius 3 is 2.50 bits per heavy atom. The van der Waals surface area contributed by atoms with E-state index in [9.17, 15) is 0 Å². The molecule has 3 nitrogen and oxygen atoms in total. The van der Waals surface area contributed by atoms with Crippen molar-refractivity contribution in [3.8, 4) is 5.75 Å². The van der Waals surface area contributed by atoms with Gasteiger partial charge in [0, 0.05) is 13.1 Å². The number of nitrogens with one attached hydrogen (secondary N) is 1. The second kappa shape index (κ2) is 5.59. The second-order valence-corrected chi connectivity index (χ2v) is 5.49. The van der Waals surface area contributed by atoms with Crippen LogP contribution in [0.4, 0.5) is 0 Å². The lowest BCUT2D eigenvalue weighted by atomic mass is 9.93. The quantitative estimate of drug-likeness (QED) is 0.910. The third-order valence-electron chi connectivity index (χ3n) is 3.69. The summed E-state index contributed by atoms with van der Waals surface area (Å²) in [6.07, 6.45) is 0.139. The number of halogens is 1. The fourth-order valence-corrected chi connectivity index (χ4v) is 3.26. The van der Waals surface area contributed by atoms with Gasteiger partial charge in [0.05, 0.1) is 24.3 Å². The van der Waals surface area contributed by atoms with Crippen LogP contribution in [0, 0.1) is 20.8 Å². The van der Waals surface area contributed by atoms with Gasteiger partial charge >= 0.3 is 0 Å². The van der Waals surface area contributed by atoms with Crippen LogP contribution in [0.2, 0.25) is 0 Å². The minimum atomic E-state index is 0.139. The van der Waals surface area contributed by atoms with Crippen molar-refractivity contribution < 1.29 is 9.47 Å². The van der Waals surface area contributed by atoms with Crippen LogP contribution in [-0.4, -0.2) is 26.8 Å². The van der Waals surface area contributed by atoms with Crippen molar-refractivity contribution in [3.63, 3.8) is 0 Å². The van der Waals surface area contributed by atoms with Crippen molar-refractivity contribution in [1.82, 2.24) is 5.32 Å². The predicted octanol–water partition coefficient (Wildman–Crippen LogP) is 3.04. The standard InChI is InChI=1S/C14H20BrNO2/c1-8-9(2)14(17-4)13(15)10(3)12(8)11-7-16-5-6-18-11/h11,16H,5-7H2,1-4H3. The monoisotopic (exact) mass is 313 g/mol. The van der Waals surface area contributed by atoms with Crippen molar-refractivity contribution >= 4 is 15.9 Å². The van der Waals surface area contributed by atoms with Crippen molar-refractivity contribution in [2.75, 3.05) is 26.8 Å². The number of methoxy groups -OCH3 is 1. The summed E-state index contributed by atoms with van der Waals surface area (Å²) in [5.74, 6) is 0.928. The maximum Gasteiger partial charge on any atom is 0.136 e. The van der Waals surface area contributed by atoms with Crippen LogP contribution < -0.4 is 10.1 Å². The molecule has 0 saturated carbocycles. The summed E-state index contributed by atoms with van der Waals surface area (Å²) in [4.78, 5) is 0. The molecule has 2 rings (SSSR count). The molecule has 0 spiro atoms. The maximum absolute atomic E-state index is 5.89. The smallest absolute Gasteiger partial charge is 0.136 e. The molecule has 1 aliphatic heterocycles. The lowest BCUT2D eigenvalue weighted by Crippen LogP contribution is -2.34. The minimum absolute atomic E-state index is 0.139. The SMILES string of the molecule is COc1c(C)c(C)c(C2CNCCO2)c(C)c1Br. The van der Waals surface area contributed by atoms with Crippen molar-refractivity contribution in [2.45, 2.75) is 26.9 Å². The molecule has 1 heterocycles.